The van der Waals surface area contributed by atoms with E-state index in [-0.39, 0.29) is 27.9 Å². The van der Waals surface area contributed by atoms with Gasteiger partial charge in [-0.25, -0.2) is 4.79 Å². The van der Waals surface area contributed by atoms with E-state index in [1.54, 1.807) is 12.1 Å². The average molecular weight is 449 g/mol. The maximum atomic E-state index is 12.1. The highest BCUT2D eigenvalue weighted by Gasteiger charge is 2.37. The summed E-state index contributed by atoms with van der Waals surface area (Å²) in [5, 5.41) is 15.7. The Bertz CT molecular complexity index is 1110. The Morgan fingerprint density at radius 3 is 2.36 bits per heavy atom. The lowest BCUT2D eigenvalue weighted by molar-refractivity contribution is -0.384. The van der Waals surface area contributed by atoms with Crippen LogP contribution >= 0.6 is 0 Å². The van der Waals surface area contributed by atoms with Gasteiger partial charge >= 0.3 is 5.97 Å². The molecule has 0 unspecified atom stereocenters. The van der Waals surface area contributed by atoms with Crippen LogP contribution in [0.3, 0.4) is 0 Å². The molecule has 0 amide bonds. The second kappa shape index (κ2) is 9.08. The molecule has 0 N–H and O–H groups in total. The molecule has 2 aliphatic rings. The molecule has 4 rings (SSSR count). The van der Waals surface area contributed by atoms with E-state index in [0.717, 1.165) is 65.6 Å². The Balaban J connectivity index is 1.74. The van der Waals surface area contributed by atoms with Gasteiger partial charge in [0.25, 0.3) is 5.69 Å². The van der Waals surface area contributed by atoms with Gasteiger partial charge in [0.15, 0.2) is 0 Å². The molecule has 0 saturated heterocycles. The Labute approximate surface area is 195 Å². The molecule has 0 atom stereocenters. The molecule has 0 heterocycles. The van der Waals surface area contributed by atoms with Crippen LogP contribution in [0.15, 0.2) is 41.6 Å². The third kappa shape index (κ3) is 4.43. The van der Waals surface area contributed by atoms with Crippen LogP contribution in [-0.4, -0.2) is 16.6 Å². The highest BCUT2D eigenvalue weighted by Crippen LogP contribution is 2.50. The number of benzene rings is 2. The van der Waals surface area contributed by atoms with Gasteiger partial charge in [-0.1, -0.05) is 57.8 Å². The van der Waals surface area contributed by atoms with Crippen molar-refractivity contribution >= 4 is 17.4 Å². The number of oxime groups is 1. The number of carbonyl (C=O) groups excluding carboxylic acids is 1. The van der Waals surface area contributed by atoms with Crippen molar-refractivity contribution in [2.75, 3.05) is 0 Å². The van der Waals surface area contributed by atoms with Gasteiger partial charge in [0.05, 0.1) is 10.6 Å². The molecule has 33 heavy (non-hydrogen) atoms. The summed E-state index contributed by atoms with van der Waals surface area (Å²) < 4.78 is 0. The van der Waals surface area contributed by atoms with Crippen molar-refractivity contribution < 1.29 is 14.6 Å². The van der Waals surface area contributed by atoms with Gasteiger partial charge in [-0.2, -0.15) is 0 Å². The molecule has 174 valence electrons. The molecule has 6 nitrogen and oxygen atoms in total. The Hall–Kier alpha value is -3.02. The largest absolute Gasteiger partial charge is 0.335 e. The van der Waals surface area contributed by atoms with E-state index in [1.165, 1.54) is 0 Å². The number of hydrogen-bond donors (Lipinski definition) is 0. The number of rotatable bonds is 6. The molecule has 1 fully saturated rings. The van der Waals surface area contributed by atoms with Gasteiger partial charge in [0.1, 0.15) is 0 Å². The third-order valence-electron chi connectivity index (χ3n) is 7.27. The van der Waals surface area contributed by atoms with Crippen molar-refractivity contribution in [3.63, 3.8) is 0 Å². The lowest BCUT2D eigenvalue weighted by atomic mass is 9.77. The SMILES string of the molecule is CCCC(=O)O/N=C(\c1ccc2c(c1)C(C)(C)c1cc([N+](=O)[O-])ccc1-2)C1CCC(C)CC1. The lowest BCUT2D eigenvalue weighted by Crippen LogP contribution is -2.23. The van der Waals surface area contributed by atoms with Crippen LogP contribution in [0.5, 0.6) is 0 Å². The maximum Gasteiger partial charge on any atom is 0.335 e. The van der Waals surface area contributed by atoms with Crippen LogP contribution in [0.1, 0.15) is 82.9 Å². The van der Waals surface area contributed by atoms with E-state index in [9.17, 15) is 14.9 Å². The molecule has 0 radical (unpaired) electrons. The molecule has 0 spiro atoms. The van der Waals surface area contributed by atoms with Gasteiger partial charge < -0.3 is 4.84 Å². The zero-order valence-electron chi connectivity index (χ0n) is 19.9. The standard InChI is InChI=1S/C27H32N2O4/c1-5-6-25(30)33-28-26(18-9-7-17(2)8-10-18)19-11-13-21-22-14-12-20(29(31)32)16-24(22)27(3,4)23(21)15-19/h11-18H,5-10H2,1-4H3/b28-26-. The molecule has 2 aromatic carbocycles. The summed E-state index contributed by atoms with van der Waals surface area (Å²) in [7, 11) is 0. The average Bonchev–Trinajstić information content (AvgIpc) is 3.01. The first-order valence-electron chi connectivity index (χ1n) is 11.9. The fraction of sp³-hybridized carbons (Fsp3) is 0.481. The number of hydrogen-bond acceptors (Lipinski definition) is 5. The number of non-ortho nitro benzene ring substituents is 1. The van der Waals surface area contributed by atoms with Crippen LogP contribution < -0.4 is 0 Å². The first-order valence-corrected chi connectivity index (χ1v) is 11.9. The predicted octanol–water partition coefficient (Wildman–Crippen LogP) is 6.77. The molecule has 2 aromatic rings. The molecular formula is C27H32N2O4. The van der Waals surface area contributed by atoms with Crippen molar-refractivity contribution in [1.82, 2.24) is 0 Å². The number of carbonyl (C=O) groups is 1. The van der Waals surface area contributed by atoms with Gasteiger partial charge in [-0.15, -0.1) is 0 Å². The van der Waals surface area contributed by atoms with Crippen molar-refractivity contribution in [3.05, 3.63) is 63.2 Å². The Morgan fingerprint density at radius 1 is 1.09 bits per heavy atom. The zero-order chi connectivity index (χ0) is 23.8. The number of nitro groups is 1. The minimum Gasteiger partial charge on any atom is -0.318 e. The van der Waals surface area contributed by atoms with Gasteiger partial charge in [0.2, 0.25) is 0 Å². The highest BCUT2D eigenvalue weighted by atomic mass is 16.7. The van der Waals surface area contributed by atoms with Crippen LogP contribution in [-0.2, 0) is 15.0 Å². The summed E-state index contributed by atoms with van der Waals surface area (Å²) in [5.41, 5.74) is 5.74. The quantitative estimate of drug-likeness (QED) is 0.211. The minimum atomic E-state index is -0.377. The molecule has 2 aliphatic carbocycles. The predicted molar refractivity (Wildman–Crippen MR) is 129 cm³/mol. The Kier molecular flexibility index (Phi) is 6.37. The second-order valence-corrected chi connectivity index (χ2v) is 10.0. The summed E-state index contributed by atoms with van der Waals surface area (Å²) in [4.78, 5) is 28.4. The fourth-order valence-corrected chi connectivity index (χ4v) is 5.24. The van der Waals surface area contributed by atoms with Crippen molar-refractivity contribution in [2.45, 2.75) is 71.6 Å². The summed E-state index contributed by atoms with van der Waals surface area (Å²) in [5.74, 6) is 0.649. The van der Waals surface area contributed by atoms with Gasteiger partial charge in [-0.3, -0.25) is 10.1 Å². The first-order chi connectivity index (χ1) is 15.7. The Morgan fingerprint density at radius 2 is 1.73 bits per heavy atom. The van der Waals surface area contributed by atoms with E-state index in [2.05, 4.69) is 44.1 Å². The summed E-state index contributed by atoms with van der Waals surface area (Å²) in [6.45, 7) is 8.43. The van der Waals surface area contributed by atoms with Gasteiger partial charge in [0, 0.05) is 29.9 Å². The van der Waals surface area contributed by atoms with E-state index >= 15 is 0 Å². The topological polar surface area (TPSA) is 81.8 Å². The van der Waals surface area contributed by atoms with E-state index in [0.29, 0.717) is 12.3 Å². The smallest absolute Gasteiger partial charge is 0.318 e. The van der Waals surface area contributed by atoms with Crippen molar-refractivity contribution in [1.29, 1.82) is 0 Å². The van der Waals surface area contributed by atoms with Crippen LogP contribution in [0, 0.1) is 22.0 Å². The van der Waals surface area contributed by atoms with Crippen LogP contribution in [0.2, 0.25) is 0 Å². The molecule has 0 aliphatic heterocycles. The number of nitrogens with zero attached hydrogens (tertiary/aromatic N) is 2. The minimum absolute atomic E-state index is 0.108. The lowest BCUT2D eigenvalue weighted by Gasteiger charge is -2.28. The molecule has 6 heteroatoms. The second-order valence-electron chi connectivity index (χ2n) is 10.0. The summed E-state index contributed by atoms with van der Waals surface area (Å²) >= 11 is 0. The molecule has 0 aromatic heterocycles. The maximum absolute atomic E-state index is 12.1. The van der Waals surface area contributed by atoms with E-state index in [1.807, 2.05) is 13.0 Å². The van der Waals surface area contributed by atoms with Crippen LogP contribution in [0.4, 0.5) is 5.69 Å². The van der Waals surface area contributed by atoms with Gasteiger partial charge in [-0.05, 0) is 65.1 Å². The monoisotopic (exact) mass is 448 g/mol. The number of nitro benzene ring substituents is 1. The third-order valence-corrected chi connectivity index (χ3v) is 7.27. The first kappa shape index (κ1) is 23.1. The molecule has 0 bridgehead atoms. The van der Waals surface area contributed by atoms with Crippen LogP contribution in [0.25, 0.3) is 11.1 Å². The van der Waals surface area contributed by atoms with E-state index < -0.39 is 0 Å². The van der Waals surface area contributed by atoms with E-state index in [4.69, 9.17) is 4.84 Å². The zero-order valence-corrected chi connectivity index (χ0v) is 19.9. The number of fused-ring (bicyclic) bond motifs is 3. The molecular weight excluding hydrogens is 416 g/mol. The molecule has 1 saturated carbocycles. The van der Waals surface area contributed by atoms with Crippen molar-refractivity contribution in [3.8, 4) is 11.1 Å². The fourth-order valence-electron chi connectivity index (χ4n) is 5.24. The normalized spacial score (nSPS) is 21.3. The highest BCUT2D eigenvalue weighted by molar-refractivity contribution is 6.03. The summed E-state index contributed by atoms with van der Waals surface area (Å²) in [6.07, 6.45) is 5.40. The van der Waals surface area contributed by atoms with Crippen molar-refractivity contribution in [2.24, 2.45) is 17.0 Å². The summed E-state index contributed by atoms with van der Waals surface area (Å²) in [6, 6.07) is 11.4.